The van der Waals surface area contributed by atoms with Crippen LogP contribution in [0.1, 0.15) is 6.42 Å². The summed E-state index contributed by atoms with van der Waals surface area (Å²) in [5.41, 5.74) is 6.05. The van der Waals surface area contributed by atoms with E-state index in [1.807, 2.05) is 11.8 Å². The third-order valence-corrected chi connectivity index (χ3v) is 4.32. The smallest absolute Gasteiger partial charge is 0.0603 e. The SMILES string of the molecule is NC1CCOCC1Sc1ccc(Br)cc1. The normalized spacial score (nSPS) is 26.5. The molecule has 1 saturated heterocycles. The summed E-state index contributed by atoms with van der Waals surface area (Å²) in [7, 11) is 0. The summed E-state index contributed by atoms with van der Waals surface area (Å²) in [6, 6.07) is 8.58. The Morgan fingerprint density at radius 2 is 2.07 bits per heavy atom. The summed E-state index contributed by atoms with van der Waals surface area (Å²) in [6.45, 7) is 1.57. The molecule has 2 rings (SSSR count). The maximum Gasteiger partial charge on any atom is 0.0603 e. The first kappa shape index (κ1) is 11.5. The maximum atomic E-state index is 6.05. The second-order valence-corrected chi connectivity index (χ2v) is 5.87. The molecule has 2 unspecified atom stereocenters. The van der Waals surface area contributed by atoms with E-state index in [1.165, 1.54) is 4.90 Å². The zero-order valence-corrected chi connectivity index (χ0v) is 10.8. The fourth-order valence-corrected chi connectivity index (χ4v) is 2.92. The van der Waals surface area contributed by atoms with Gasteiger partial charge in [-0.25, -0.2) is 0 Å². The fourth-order valence-electron chi connectivity index (χ4n) is 1.54. The van der Waals surface area contributed by atoms with Crippen molar-refractivity contribution in [2.45, 2.75) is 22.6 Å². The molecule has 1 aliphatic rings. The predicted octanol–water partition coefficient (Wildman–Crippen LogP) is 2.66. The van der Waals surface area contributed by atoms with E-state index in [2.05, 4.69) is 40.2 Å². The standard InChI is InChI=1S/C11H14BrNOS/c12-8-1-3-9(4-2-8)15-11-7-14-6-5-10(11)13/h1-4,10-11H,5-7,13H2. The maximum absolute atomic E-state index is 6.05. The highest BCUT2D eigenvalue weighted by Gasteiger charge is 2.23. The lowest BCUT2D eigenvalue weighted by atomic mass is 10.1. The molecule has 0 amide bonds. The van der Waals surface area contributed by atoms with Crippen molar-refractivity contribution in [3.8, 4) is 0 Å². The van der Waals surface area contributed by atoms with E-state index in [4.69, 9.17) is 10.5 Å². The molecule has 2 atom stereocenters. The molecule has 4 heteroatoms. The van der Waals surface area contributed by atoms with Crippen LogP contribution in [0.5, 0.6) is 0 Å². The minimum Gasteiger partial charge on any atom is -0.380 e. The highest BCUT2D eigenvalue weighted by atomic mass is 79.9. The summed E-state index contributed by atoms with van der Waals surface area (Å²) < 4.78 is 6.55. The van der Waals surface area contributed by atoms with E-state index in [0.717, 1.165) is 24.1 Å². The van der Waals surface area contributed by atoms with E-state index in [1.54, 1.807) is 0 Å². The molecule has 0 saturated carbocycles. The van der Waals surface area contributed by atoms with Gasteiger partial charge in [-0.05, 0) is 30.7 Å². The van der Waals surface area contributed by atoms with Gasteiger partial charge in [-0.1, -0.05) is 15.9 Å². The third-order valence-electron chi connectivity index (χ3n) is 2.46. The van der Waals surface area contributed by atoms with Crippen LogP contribution in [0.4, 0.5) is 0 Å². The number of thioether (sulfide) groups is 1. The second kappa shape index (κ2) is 5.34. The fraction of sp³-hybridized carbons (Fsp3) is 0.455. The number of benzene rings is 1. The highest BCUT2D eigenvalue weighted by molar-refractivity contribution is 9.10. The van der Waals surface area contributed by atoms with Crippen LogP contribution >= 0.6 is 27.7 Å². The monoisotopic (exact) mass is 287 g/mol. The lowest BCUT2D eigenvalue weighted by Gasteiger charge is -2.28. The van der Waals surface area contributed by atoms with Crippen molar-refractivity contribution >= 4 is 27.7 Å². The molecule has 1 aliphatic heterocycles. The molecular weight excluding hydrogens is 274 g/mol. The zero-order chi connectivity index (χ0) is 10.7. The molecule has 2 nitrogen and oxygen atoms in total. The van der Waals surface area contributed by atoms with E-state index in [0.29, 0.717) is 5.25 Å². The van der Waals surface area contributed by atoms with E-state index in [9.17, 15) is 0 Å². The molecular formula is C11H14BrNOS. The van der Waals surface area contributed by atoms with Crippen molar-refractivity contribution in [1.82, 2.24) is 0 Å². The lowest BCUT2D eigenvalue weighted by molar-refractivity contribution is 0.0916. The van der Waals surface area contributed by atoms with Crippen LogP contribution in [-0.4, -0.2) is 24.5 Å². The molecule has 0 spiro atoms. The quantitative estimate of drug-likeness (QED) is 0.908. The van der Waals surface area contributed by atoms with Gasteiger partial charge in [-0.2, -0.15) is 0 Å². The van der Waals surface area contributed by atoms with Gasteiger partial charge in [0, 0.05) is 27.3 Å². The molecule has 2 N–H and O–H groups in total. The number of halogens is 1. The van der Waals surface area contributed by atoms with Gasteiger partial charge in [0.05, 0.1) is 6.61 Å². The van der Waals surface area contributed by atoms with E-state index >= 15 is 0 Å². The van der Waals surface area contributed by atoms with Gasteiger partial charge in [0.1, 0.15) is 0 Å². The Bertz CT molecular complexity index is 317. The first-order valence-corrected chi connectivity index (χ1v) is 6.68. The molecule has 0 radical (unpaired) electrons. The van der Waals surface area contributed by atoms with Crippen LogP contribution in [-0.2, 0) is 4.74 Å². The van der Waals surface area contributed by atoms with Crippen LogP contribution < -0.4 is 5.73 Å². The van der Waals surface area contributed by atoms with Gasteiger partial charge in [-0.15, -0.1) is 11.8 Å². The molecule has 82 valence electrons. The molecule has 0 aliphatic carbocycles. The molecule has 1 fully saturated rings. The van der Waals surface area contributed by atoms with Crippen LogP contribution in [0.3, 0.4) is 0 Å². The zero-order valence-electron chi connectivity index (χ0n) is 8.36. The predicted molar refractivity (Wildman–Crippen MR) is 67.2 cm³/mol. The van der Waals surface area contributed by atoms with Gasteiger partial charge in [0.15, 0.2) is 0 Å². The van der Waals surface area contributed by atoms with Crippen molar-refractivity contribution in [3.63, 3.8) is 0 Å². The number of ether oxygens (including phenoxy) is 1. The van der Waals surface area contributed by atoms with Gasteiger partial charge in [0.2, 0.25) is 0 Å². The summed E-state index contributed by atoms with van der Waals surface area (Å²) in [5.74, 6) is 0. The average Bonchev–Trinajstić information content (AvgIpc) is 2.25. The molecule has 0 aromatic heterocycles. The second-order valence-electron chi connectivity index (χ2n) is 3.64. The Balaban J connectivity index is 1.98. The summed E-state index contributed by atoms with van der Waals surface area (Å²) in [4.78, 5) is 1.25. The Labute approximate surface area is 103 Å². The highest BCUT2D eigenvalue weighted by Crippen LogP contribution is 2.28. The topological polar surface area (TPSA) is 35.2 Å². The first-order valence-electron chi connectivity index (χ1n) is 5.01. The van der Waals surface area contributed by atoms with Crippen molar-refractivity contribution in [3.05, 3.63) is 28.7 Å². The summed E-state index contributed by atoms with van der Waals surface area (Å²) >= 11 is 5.23. The van der Waals surface area contributed by atoms with Crippen molar-refractivity contribution in [2.75, 3.05) is 13.2 Å². The molecule has 0 bridgehead atoms. The number of hydrogen-bond acceptors (Lipinski definition) is 3. The molecule has 15 heavy (non-hydrogen) atoms. The van der Waals surface area contributed by atoms with Crippen LogP contribution in [0.25, 0.3) is 0 Å². The average molecular weight is 288 g/mol. The van der Waals surface area contributed by atoms with Crippen molar-refractivity contribution in [1.29, 1.82) is 0 Å². The van der Waals surface area contributed by atoms with Gasteiger partial charge < -0.3 is 10.5 Å². The largest absolute Gasteiger partial charge is 0.380 e. The van der Waals surface area contributed by atoms with Gasteiger partial charge in [0.25, 0.3) is 0 Å². The van der Waals surface area contributed by atoms with Crippen LogP contribution in [0, 0.1) is 0 Å². The molecule has 1 aromatic carbocycles. The first-order chi connectivity index (χ1) is 7.25. The minimum atomic E-state index is 0.257. The van der Waals surface area contributed by atoms with Crippen LogP contribution in [0.2, 0.25) is 0 Å². The number of nitrogens with two attached hydrogens (primary N) is 1. The van der Waals surface area contributed by atoms with Gasteiger partial charge in [-0.3, -0.25) is 0 Å². The summed E-state index contributed by atoms with van der Waals surface area (Å²) in [6.07, 6.45) is 0.966. The molecule has 1 heterocycles. The van der Waals surface area contributed by atoms with Gasteiger partial charge >= 0.3 is 0 Å². The van der Waals surface area contributed by atoms with E-state index in [-0.39, 0.29) is 6.04 Å². The Hall–Kier alpha value is -0.0300. The van der Waals surface area contributed by atoms with Crippen molar-refractivity contribution in [2.24, 2.45) is 5.73 Å². The Morgan fingerprint density at radius 3 is 2.73 bits per heavy atom. The number of rotatable bonds is 2. The Morgan fingerprint density at radius 1 is 1.33 bits per heavy atom. The van der Waals surface area contributed by atoms with Crippen molar-refractivity contribution < 1.29 is 4.74 Å². The lowest BCUT2D eigenvalue weighted by Crippen LogP contribution is -2.40. The molecule has 1 aromatic rings. The van der Waals surface area contributed by atoms with Crippen LogP contribution in [0.15, 0.2) is 33.6 Å². The third kappa shape index (κ3) is 3.21. The summed E-state index contributed by atoms with van der Waals surface area (Å²) in [5, 5.41) is 0.389. The Kier molecular flexibility index (Phi) is 4.08. The van der Waals surface area contributed by atoms with E-state index < -0.39 is 0 Å². The minimum absolute atomic E-state index is 0.257. The number of hydrogen-bond donors (Lipinski definition) is 1.